The van der Waals surface area contributed by atoms with E-state index in [4.69, 9.17) is 4.74 Å². The number of nitrogens with one attached hydrogen (secondary N) is 1. The zero-order valence-corrected chi connectivity index (χ0v) is 13.0. The number of anilines is 1. The molecule has 1 aliphatic carbocycles. The summed E-state index contributed by atoms with van der Waals surface area (Å²) in [7, 11) is 3.34. The highest BCUT2D eigenvalue weighted by atomic mass is 16.5. The smallest absolute Gasteiger partial charge is 0.227 e. The van der Waals surface area contributed by atoms with E-state index in [1.807, 2.05) is 0 Å². The number of ether oxygens (including phenoxy) is 1. The fourth-order valence-corrected chi connectivity index (χ4v) is 2.39. The highest BCUT2D eigenvalue weighted by molar-refractivity contribution is 5.77. The molecule has 0 saturated heterocycles. The predicted molar refractivity (Wildman–Crippen MR) is 86.2 cm³/mol. The molecule has 0 aliphatic heterocycles. The number of hydrogen-bond acceptors (Lipinski definition) is 7. The average molecular weight is 311 g/mol. The van der Waals surface area contributed by atoms with Crippen LogP contribution in [-0.4, -0.2) is 40.4 Å². The molecule has 1 fully saturated rings. The second-order valence-electron chi connectivity index (χ2n) is 5.16. The van der Waals surface area contributed by atoms with Crippen molar-refractivity contribution < 1.29 is 9.53 Å². The Morgan fingerprint density at radius 2 is 2.13 bits per heavy atom. The van der Waals surface area contributed by atoms with Crippen LogP contribution in [-0.2, 0) is 4.79 Å². The first-order valence-corrected chi connectivity index (χ1v) is 7.34. The third-order valence-electron chi connectivity index (χ3n) is 3.63. The Hall–Kier alpha value is -2.83. The number of methoxy groups -OCH3 is 1. The van der Waals surface area contributed by atoms with Gasteiger partial charge in [0.1, 0.15) is 24.0 Å². The Balaban J connectivity index is 2.11. The van der Waals surface area contributed by atoms with Gasteiger partial charge in [0.15, 0.2) is 5.82 Å². The lowest BCUT2D eigenvalue weighted by atomic mass is 10.1. The molecule has 3 rings (SSSR count). The molecule has 0 amide bonds. The number of carbonyl (C=O) groups is 1. The van der Waals surface area contributed by atoms with Gasteiger partial charge < -0.3 is 10.1 Å². The molecule has 0 radical (unpaired) electrons. The molecular weight excluding hydrogens is 294 g/mol. The second-order valence-corrected chi connectivity index (χ2v) is 5.16. The van der Waals surface area contributed by atoms with E-state index in [0.717, 1.165) is 29.7 Å². The van der Waals surface area contributed by atoms with Crippen LogP contribution in [0.3, 0.4) is 0 Å². The average Bonchev–Trinajstić information content (AvgIpc) is 3.44. The summed E-state index contributed by atoms with van der Waals surface area (Å²) in [4.78, 5) is 28.0. The van der Waals surface area contributed by atoms with Gasteiger partial charge in [0.25, 0.3) is 0 Å². The van der Waals surface area contributed by atoms with E-state index in [-0.39, 0.29) is 0 Å². The van der Waals surface area contributed by atoms with Crippen LogP contribution in [0, 0.1) is 0 Å². The number of aldehydes is 1. The standard InChI is InChI=1S/C16H17N5O2/c1-17-14-11(4-3-7-22)8-18-15(21-14)12-13(10-5-6-10)19-9-20-16(12)23-2/h3-4,7-10H,5-6H2,1-2H3,(H,17,18,21)/b4-3-. The molecule has 2 heterocycles. The van der Waals surface area contributed by atoms with E-state index < -0.39 is 0 Å². The normalized spacial score (nSPS) is 14.0. The monoisotopic (exact) mass is 311 g/mol. The molecule has 1 aliphatic rings. The van der Waals surface area contributed by atoms with Gasteiger partial charge in [0, 0.05) is 24.7 Å². The molecule has 0 atom stereocenters. The number of hydrogen-bond donors (Lipinski definition) is 1. The molecule has 1 saturated carbocycles. The zero-order chi connectivity index (χ0) is 16.2. The molecule has 0 aromatic carbocycles. The third-order valence-corrected chi connectivity index (χ3v) is 3.63. The molecule has 0 spiro atoms. The fraction of sp³-hybridized carbons (Fsp3) is 0.312. The fourth-order valence-electron chi connectivity index (χ4n) is 2.39. The Morgan fingerprint density at radius 3 is 2.78 bits per heavy atom. The van der Waals surface area contributed by atoms with Gasteiger partial charge in [-0.2, -0.15) is 0 Å². The highest BCUT2D eigenvalue weighted by Gasteiger charge is 2.31. The Morgan fingerprint density at radius 1 is 1.30 bits per heavy atom. The van der Waals surface area contributed by atoms with E-state index in [0.29, 0.717) is 29.7 Å². The van der Waals surface area contributed by atoms with Crippen LogP contribution in [0.5, 0.6) is 5.88 Å². The summed E-state index contributed by atoms with van der Waals surface area (Å²) in [5, 5.41) is 3.02. The minimum Gasteiger partial charge on any atom is -0.480 e. The molecular formula is C16H17N5O2. The van der Waals surface area contributed by atoms with Gasteiger partial charge in [-0.05, 0) is 25.0 Å². The summed E-state index contributed by atoms with van der Waals surface area (Å²) in [5.74, 6) is 2.02. The quantitative estimate of drug-likeness (QED) is 0.645. The van der Waals surface area contributed by atoms with Crippen molar-refractivity contribution in [2.45, 2.75) is 18.8 Å². The summed E-state index contributed by atoms with van der Waals surface area (Å²) in [6, 6.07) is 0. The highest BCUT2D eigenvalue weighted by Crippen LogP contribution is 2.44. The van der Waals surface area contributed by atoms with E-state index in [2.05, 4.69) is 25.3 Å². The molecule has 0 unspecified atom stereocenters. The first-order valence-electron chi connectivity index (χ1n) is 7.34. The number of carbonyl (C=O) groups excluding carboxylic acids is 1. The summed E-state index contributed by atoms with van der Waals surface area (Å²) in [6.07, 6.45) is 9.16. The number of rotatable bonds is 6. The molecule has 7 nitrogen and oxygen atoms in total. The lowest BCUT2D eigenvalue weighted by Crippen LogP contribution is -2.04. The van der Waals surface area contributed by atoms with E-state index in [1.54, 1.807) is 26.4 Å². The number of allylic oxidation sites excluding steroid dienone is 1. The maximum atomic E-state index is 10.5. The van der Waals surface area contributed by atoms with Gasteiger partial charge in [0.2, 0.25) is 5.88 Å². The van der Waals surface area contributed by atoms with Crippen molar-refractivity contribution in [2.24, 2.45) is 0 Å². The zero-order valence-electron chi connectivity index (χ0n) is 13.0. The first-order chi connectivity index (χ1) is 11.3. The van der Waals surface area contributed by atoms with Crippen molar-refractivity contribution in [1.29, 1.82) is 0 Å². The molecule has 23 heavy (non-hydrogen) atoms. The van der Waals surface area contributed by atoms with Gasteiger partial charge >= 0.3 is 0 Å². The van der Waals surface area contributed by atoms with Crippen LogP contribution < -0.4 is 10.1 Å². The Kier molecular flexibility index (Phi) is 4.27. The maximum absolute atomic E-state index is 10.5. The SMILES string of the molecule is CNc1nc(-c2c(OC)ncnc2C2CC2)ncc1/C=C\C=O. The maximum Gasteiger partial charge on any atom is 0.227 e. The van der Waals surface area contributed by atoms with Gasteiger partial charge in [-0.25, -0.2) is 19.9 Å². The van der Waals surface area contributed by atoms with Crippen LogP contribution in [0.1, 0.15) is 30.0 Å². The lowest BCUT2D eigenvalue weighted by molar-refractivity contribution is -0.104. The van der Waals surface area contributed by atoms with Crippen molar-refractivity contribution in [3.8, 4) is 17.3 Å². The number of aromatic nitrogens is 4. The van der Waals surface area contributed by atoms with Crippen molar-refractivity contribution in [2.75, 3.05) is 19.5 Å². The van der Waals surface area contributed by atoms with E-state index in [9.17, 15) is 4.79 Å². The van der Waals surface area contributed by atoms with Crippen molar-refractivity contribution in [1.82, 2.24) is 19.9 Å². The van der Waals surface area contributed by atoms with Crippen molar-refractivity contribution in [3.63, 3.8) is 0 Å². The van der Waals surface area contributed by atoms with Crippen LogP contribution in [0.25, 0.3) is 17.5 Å². The minimum atomic E-state index is 0.415. The lowest BCUT2D eigenvalue weighted by Gasteiger charge is -2.12. The van der Waals surface area contributed by atoms with Crippen molar-refractivity contribution in [3.05, 3.63) is 29.9 Å². The van der Waals surface area contributed by atoms with Crippen LogP contribution in [0.4, 0.5) is 5.82 Å². The van der Waals surface area contributed by atoms with E-state index in [1.165, 1.54) is 12.4 Å². The largest absolute Gasteiger partial charge is 0.480 e. The summed E-state index contributed by atoms with van der Waals surface area (Å²) in [6.45, 7) is 0. The van der Waals surface area contributed by atoms with Gasteiger partial charge in [-0.15, -0.1) is 0 Å². The van der Waals surface area contributed by atoms with Crippen LogP contribution in [0.15, 0.2) is 18.6 Å². The molecule has 2 aromatic heterocycles. The van der Waals surface area contributed by atoms with Crippen LogP contribution >= 0.6 is 0 Å². The molecule has 0 bridgehead atoms. The Bertz CT molecular complexity index is 756. The third kappa shape index (κ3) is 3.03. The van der Waals surface area contributed by atoms with Crippen LogP contribution in [0.2, 0.25) is 0 Å². The Labute approximate surface area is 133 Å². The molecule has 1 N–H and O–H groups in total. The summed E-state index contributed by atoms with van der Waals surface area (Å²) in [5.41, 5.74) is 2.39. The van der Waals surface area contributed by atoms with Gasteiger partial charge in [-0.1, -0.05) is 0 Å². The summed E-state index contributed by atoms with van der Waals surface area (Å²) < 4.78 is 5.38. The van der Waals surface area contributed by atoms with Gasteiger partial charge in [0.05, 0.1) is 12.8 Å². The first kappa shape index (κ1) is 15.1. The molecule has 7 heteroatoms. The number of nitrogens with zero attached hydrogens (tertiary/aromatic N) is 4. The van der Waals surface area contributed by atoms with Gasteiger partial charge in [-0.3, -0.25) is 4.79 Å². The van der Waals surface area contributed by atoms with E-state index >= 15 is 0 Å². The van der Waals surface area contributed by atoms with Crippen molar-refractivity contribution >= 4 is 18.2 Å². The molecule has 118 valence electrons. The topological polar surface area (TPSA) is 89.9 Å². The minimum absolute atomic E-state index is 0.415. The predicted octanol–water partition coefficient (Wildman–Crippen LogP) is 2.07. The molecule has 2 aromatic rings. The second kappa shape index (κ2) is 6.51. The summed E-state index contributed by atoms with van der Waals surface area (Å²) >= 11 is 0.